The predicted octanol–water partition coefficient (Wildman–Crippen LogP) is 4.06. The monoisotopic (exact) mass is 411 g/mol. The minimum Gasteiger partial charge on any atom is -0.462 e. The molecule has 0 spiro atoms. The minimum absolute atomic E-state index is 0.243. The average Bonchev–Trinajstić information content (AvgIpc) is 2.95. The summed E-state index contributed by atoms with van der Waals surface area (Å²) in [6.45, 7) is 9.69. The van der Waals surface area contributed by atoms with E-state index < -0.39 is 0 Å². The number of benzene rings is 1. The van der Waals surface area contributed by atoms with Crippen molar-refractivity contribution >= 4 is 23.6 Å². The normalized spacial score (nSPS) is 11.3. The Hall–Kier alpha value is -2.86. The number of aromatic nitrogens is 1. The second-order valence-corrected chi connectivity index (χ2v) is 7.50. The topological polar surface area (TPSA) is 63.6 Å². The van der Waals surface area contributed by atoms with Gasteiger partial charge in [-0.25, -0.2) is 4.79 Å². The van der Waals surface area contributed by atoms with Gasteiger partial charge in [-0.15, -0.1) is 0 Å². The SMILES string of the molecule is CCOC(=O)c1c(/C=C/C(=O)Nc2ccc(CCN(C)C)cc2)c(C)n(CC)c1C. The highest BCUT2D eigenvalue weighted by Crippen LogP contribution is 2.25. The quantitative estimate of drug-likeness (QED) is 0.499. The van der Waals surface area contributed by atoms with Gasteiger partial charge in [-0.05, 0) is 72.0 Å². The average molecular weight is 412 g/mol. The number of amides is 1. The first-order valence-electron chi connectivity index (χ1n) is 10.4. The van der Waals surface area contributed by atoms with Crippen LogP contribution in [0.15, 0.2) is 30.3 Å². The van der Waals surface area contributed by atoms with Crippen LogP contribution in [-0.4, -0.2) is 48.6 Å². The first-order valence-corrected chi connectivity index (χ1v) is 10.4. The fourth-order valence-corrected chi connectivity index (χ4v) is 3.50. The lowest BCUT2D eigenvalue weighted by Gasteiger charge is -2.09. The number of ether oxygens (including phenoxy) is 1. The second-order valence-electron chi connectivity index (χ2n) is 7.50. The highest BCUT2D eigenvalue weighted by atomic mass is 16.5. The van der Waals surface area contributed by atoms with Gasteiger partial charge in [0.1, 0.15) is 0 Å². The van der Waals surface area contributed by atoms with Crippen molar-refractivity contribution in [2.75, 3.05) is 32.6 Å². The predicted molar refractivity (Wildman–Crippen MR) is 122 cm³/mol. The van der Waals surface area contributed by atoms with E-state index >= 15 is 0 Å². The largest absolute Gasteiger partial charge is 0.462 e. The standard InChI is InChI=1S/C24H33N3O3/c1-7-27-17(3)21(23(18(27)4)24(29)30-8-2)13-14-22(28)25-20-11-9-19(10-12-20)15-16-26(5)6/h9-14H,7-8,15-16H2,1-6H3,(H,25,28)/b14-13+. The Morgan fingerprint density at radius 3 is 2.33 bits per heavy atom. The molecule has 1 aromatic heterocycles. The lowest BCUT2D eigenvalue weighted by molar-refractivity contribution is -0.111. The molecule has 2 aromatic rings. The zero-order valence-corrected chi connectivity index (χ0v) is 18.9. The molecule has 1 heterocycles. The van der Waals surface area contributed by atoms with Gasteiger partial charge in [0.15, 0.2) is 0 Å². The van der Waals surface area contributed by atoms with E-state index in [0.29, 0.717) is 12.2 Å². The van der Waals surface area contributed by atoms with Crippen LogP contribution in [0.4, 0.5) is 5.69 Å². The van der Waals surface area contributed by atoms with E-state index in [4.69, 9.17) is 4.74 Å². The molecule has 0 aliphatic rings. The molecule has 162 valence electrons. The molecule has 0 saturated heterocycles. The summed E-state index contributed by atoms with van der Waals surface area (Å²) in [4.78, 5) is 27.0. The van der Waals surface area contributed by atoms with Crippen LogP contribution in [-0.2, 0) is 22.5 Å². The molecule has 1 aromatic carbocycles. The van der Waals surface area contributed by atoms with Crippen LogP contribution in [0.5, 0.6) is 0 Å². The third-order valence-corrected chi connectivity index (χ3v) is 5.10. The molecule has 30 heavy (non-hydrogen) atoms. The van der Waals surface area contributed by atoms with Crippen LogP contribution in [0.25, 0.3) is 6.08 Å². The van der Waals surface area contributed by atoms with Crippen molar-refractivity contribution in [3.05, 3.63) is 58.4 Å². The lowest BCUT2D eigenvalue weighted by atomic mass is 10.1. The highest BCUT2D eigenvalue weighted by Gasteiger charge is 2.22. The van der Waals surface area contributed by atoms with Crippen LogP contribution >= 0.6 is 0 Å². The van der Waals surface area contributed by atoms with E-state index in [0.717, 1.165) is 42.1 Å². The van der Waals surface area contributed by atoms with Crippen LogP contribution in [0.3, 0.4) is 0 Å². The molecule has 0 atom stereocenters. The maximum absolute atomic E-state index is 12.5. The van der Waals surface area contributed by atoms with Crippen molar-refractivity contribution in [1.29, 1.82) is 0 Å². The van der Waals surface area contributed by atoms with E-state index in [9.17, 15) is 9.59 Å². The van der Waals surface area contributed by atoms with E-state index in [2.05, 4.69) is 14.8 Å². The van der Waals surface area contributed by atoms with Gasteiger partial charge >= 0.3 is 5.97 Å². The number of carbonyl (C=O) groups excluding carboxylic acids is 2. The molecule has 0 radical (unpaired) electrons. The van der Waals surface area contributed by atoms with Crippen molar-refractivity contribution in [3.8, 4) is 0 Å². The molecule has 0 unspecified atom stereocenters. The van der Waals surface area contributed by atoms with E-state index in [1.54, 1.807) is 13.0 Å². The van der Waals surface area contributed by atoms with Crippen molar-refractivity contribution in [3.63, 3.8) is 0 Å². The van der Waals surface area contributed by atoms with Gasteiger partial charge < -0.3 is 19.5 Å². The van der Waals surface area contributed by atoms with Crippen LogP contribution in [0, 0.1) is 13.8 Å². The molecule has 6 nitrogen and oxygen atoms in total. The second kappa shape index (κ2) is 10.8. The van der Waals surface area contributed by atoms with Crippen LogP contribution in [0.2, 0.25) is 0 Å². The summed E-state index contributed by atoms with van der Waals surface area (Å²) < 4.78 is 7.27. The molecule has 1 N–H and O–H groups in total. The minimum atomic E-state index is -0.362. The molecule has 0 saturated carbocycles. The van der Waals surface area contributed by atoms with Crippen LogP contribution in [0.1, 0.15) is 46.7 Å². The Bertz CT molecular complexity index is 909. The third-order valence-electron chi connectivity index (χ3n) is 5.10. The summed E-state index contributed by atoms with van der Waals surface area (Å²) in [5.41, 5.74) is 4.99. The fourth-order valence-electron chi connectivity index (χ4n) is 3.50. The lowest BCUT2D eigenvalue weighted by Crippen LogP contribution is -2.15. The van der Waals surface area contributed by atoms with E-state index in [1.807, 2.05) is 59.1 Å². The Labute approximate surface area is 179 Å². The van der Waals surface area contributed by atoms with Gasteiger partial charge in [-0.1, -0.05) is 12.1 Å². The number of anilines is 1. The molecule has 2 rings (SSSR count). The zero-order chi connectivity index (χ0) is 22.3. The van der Waals surface area contributed by atoms with E-state index in [1.165, 1.54) is 11.6 Å². The fraction of sp³-hybridized carbons (Fsp3) is 0.417. The molecular weight excluding hydrogens is 378 g/mol. The van der Waals surface area contributed by atoms with Gasteiger partial charge in [0.2, 0.25) is 5.91 Å². The van der Waals surface area contributed by atoms with Crippen molar-refractivity contribution in [2.45, 2.75) is 40.7 Å². The van der Waals surface area contributed by atoms with Gasteiger partial charge in [-0.3, -0.25) is 4.79 Å². The number of hydrogen-bond acceptors (Lipinski definition) is 4. The van der Waals surface area contributed by atoms with Crippen molar-refractivity contribution in [1.82, 2.24) is 9.47 Å². The maximum atomic E-state index is 12.5. The summed E-state index contributed by atoms with van der Waals surface area (Å²) in [5, 5.41) is 2.87. The number of nitrogens with one attached hydrogen (secondary N) is 1. The Morgan fingerprint density at radius 2 is 1.77 bits per heavy atom. The zero-order valence-electron chi connectivity index (χ0n) is 18.9. The number of esters is 1. The first-order chi connectivity index (χ1) is 14.3. The Kier molecular flexibility index (Phi) is 8.42. The van der Waals surface area contributed by atoms with E-state index in [-0.39, 0.29) is 11.9 Å². The molecule has 0 aliphatic carbocycles. The molecular formula is C24H33N3O3. The van der Waals surface area contributed by atoms with Crippen LogP contribution < -0.4 is 5.32 Å². The summed E-state index contributed by atoms with van der Waals surface area (Å²) in [6, 6.07) is 7.86. The van der Waals surface area contributed by atoms with Gasteiger partial charge in [0, 0.05) is 41.8 Å². The molecule has 6 heteroatoms. The van der Waals surface area contributed by atoms with Gasteiger partial charge in [0.05, 0.1) is 12.2 Å². The maximum Gasteiger partial charge on any atom is 0.340 e. The number of nitrogens with zero attached hydrogens (tertiary/aromatic N) is 2. The highest BCUT2D eigenvalue weighted by molar-refractivity contribution is 6.03. The Morgan fingerprint density at radius 1 is 1.10 bits per heavy atom. The summed E-state index contributed by atoms with van der Waals surface area (Å²) in [5.74, 6) is -0.606. The number of carbonyl (C=O) groups is 2. The molecule has 0 fully saturated rings. The summed E-state index contributed by atoms with van der Waals surface area (Å²) >= 11 is 0. The number of likely N-dealkylation sites (N-methyl/N-ethyl adjacent to an activating group) is 1. The Balaban J connectivity index is 2.15. The smallest absolute Gasteiger partial charge is 0.340 e. The third kappa shape index (κ3) is 5.83. The number of rotatable bonds is 9. The number of hydrogen-bond donors (Lipinski definition) is 1. The van der Waals surface area contributed by atoms with Gasteiger partial charge in [0.25, 0.3) is 0 Å². The van der Waals surface area contributed by atoms with Gasteiger partial charge in [-0.2, -0.15) is 0 Å². The first kappa shape index (κ1) is 23.4. The molecule has 1 amide bonds. The van der Waals surface area contributed by atoms with Crippen molar-refractivity contribution < 1.29 is 14.3 Å². The molecule has 0 aliphatic heterocycles. The molecule has 0 bridgehead atoms. The summed E-state index contributed by atoms with van der Waals surface area (Å²) in [6.07, 6.45) is 4.12. The summed E-state index contributed by atoms with van der Waals surface area (Å²) in [7, 11) is 4.10. The van der Waals surface area contributed by atoms with Crippen molar-refractivity contribution in [2.24, 2.45) is 0 Å².